The lowest BCUT2D eigenvalue weighted by Gasteiger charge is -2.21. The number of likely N-dealkylation sites (N-methyl/N-ethyl adjacent to an activating group) is 1. The van der Waals surface area contributed by atoms with Crippen molar-refractivity contribution in [2.75, 3.05) is 32.2 Å². The minimum atomic E-state index is -0.485. The molecule has 1 N–H and O–H groups in total. The number of aliphatic hydroxyl groups excluding tert-OH is 1. The molecular weight excluding hydrogens is 182 g/mol. The van der Waals surface area contributed by atoms with Crippen molar-refractivity contribution in [3.05, 3.63) is 12.4 Å². The number of rotatable bonds is 5. The Morgan fingerprint density at radius 1 is 1.71 bits per heavy atom. The van der Waals surface area contributed by atoms with E-state index in [1.165, 1.54) is 0 Å². The van der Waals surface area contributed by atoms with Crippen LogP contribution in [0.2, 0.25) is 0 Å². The largest absolute Gasteiger partial charge is 0.389 e. The van der Waals surface area contributed by atoms with E-state index in [9.17, 15) is 5.11 Å². The van der Waals surface area contributed by atoms with Gasteiger partial charge >= 0.3 is 0 Å². The van der Waals surface area contributed by atoms with Crippen molar-refractivity contribution in [2.24, 2.45) is 7.05 Å². The van der Waals surface area contributed by atoms with Gasteiger partial charge in [0.1, 0.15) is 0 Å². The molecule has 0 aliphatic carbocycles. The van der Waals surface area contributed by atoms with Gasteiger partial charge in [-0.25, -0.2) is 4.98 Å². The average Bonchev–Trinajstić information content (AvgIpc) is 2.51. The molecule has 1 heterocycles. The molecule has 0 amide bonds. The molecule has 1 unspecified atom stereocenters. The summed E-state index contributed by atoms with van der Waals surface area (Å²) in [7, 11) is 5.38. The second-order valence-electron chi connectivity index (χ2n) is 3.33. The van der Waals surface area contributed by atoms with Crippen LogP contribution in [0, 0.1) is 0 Å². The first-order valence-electron chi connectivity index (χ1n) is 4.50. The molecule has 5 nitrogen and oxygen atoms in total. The highest BCUT2D eigenvalue weighted by Gasteiger charge is 2.11. The summed E-state index contributed by atoms with van der Waals surface area (Å²) in [4.78, 5) is 6.06. The Morgan fingerprint density at radius 2 is 2.43 bits per heavy atom. The first kappa shape index (κ1) is 11.0. The molecule has 0 saturated carbocycles. The van der Waals surface area contributed by atoms with E-state index in [0.29, 0.717) is 13.2 Å². The van der Waals surface area contributed by atoms with Crippen molar-refractivity contribution in [1.82, 2.24) is 9.55 Å². The number of aromatic nitrogens is 2. The number of ether oxygens (including phenoxy) is 1. The van der Waals surface area contributed by atoms with Gasteiger partial charge in [-0.05, 0) is 0 Å². The van der Waals surface area contributed by atoms with Gasteiger partial charge in [-0.1, -0.05) is 0 Å². The van der Waals surface area contributed by atoms with Gasteiger partial charge in [0.25, 0.3) is 0 Å². The van der Waals surface area contributed by atoms with Crippen LogP contribution >= 0.6 is 0 Å². The summed E-state index contributed by atoms with van der Waals surface area (Å²) in [5.41, 5.74) is 0. The highest BCUT2D eigenvalue weighted by molar-refractivity contribution is 5.29. The number of hydrogen-bond acceptors (Lipinski definition) is 4. The van der Waals surface area contributed by atoms with Gasteiger partial charge in [-0.3, -0.25) is 0 Å². The van der Waals surface area contributed by atoms with Crippen molar-refractivity contribution in [2.45, 2.75) is 6.10 Å². The molecule has 0 aliphatic heterocycles. The minimum absolute atomic E-state index is 0.342. The molecule has 0 saturated heterocycles. The average molecular weight is 199 g/mol. The van der Waals surface area contributed by atoms with Crippen LogP contribution in [-0.4, -0.2) is 48.1 Å². The number of methoxy groups -OCH3 is 1. The summed E-state index contributed by atoms with van der Waals surface area (Å²) in [6.45, 7) is 0.855. The number of imidazole rings is 1. The molecule has 1 atom stereocenters. The van der Waals surface area contributed by atoms with E-state index in [0.717, 1.165) is 5.95 Å². The van der Waals surface area contributed by atoms with Gasteiger partial charge in [0.15, 0.2) is 0 Å². The third kappa shape index (κ3) is 2.71. The van der Waals surface area contributed by atoms with Crippen molar-refractivity contribution < 1.29 is 9.84 Å². The Morgan fingerprint density at radius 3 is 2.93 bits per heavy atom. The fourth-order valence-corrected chi connectivity index (χ4v) is 1.37. The van der Waals surface area contributed by atoms with Crippen molar-refractivity contribution in [3.63, 3.8) is 0 Å². The Kier molecular flexibility index (Phi) is 3.91. The quantitative estimate of drug-likeness (QED) is 0.717. The maximum Gasteiger partial charge on any atom is 0.204 e. The van der Waals surface area contributed by atoms with Gasteiger partial charge in [-0.2, -0.15) is 0 Å². The van der Waals surface area contributed by atoms with Crippen LogP contribution in [0.4, 0.5) is 5.95 Å². The van der Waals surface area contributed by atoms with Crippen molar-refractivity contribution in [3.8, 4) is 0 Å². The molecule has 0 bridgehead atoms. The summed E-state index contributed by atoms with van der Waals surface area (Å²) in [6, 6.07) is 0. The van der Waals surface area contributed by atoms with E-state index >= 15 is 0 Å². The number of aliphatic hydroxyl groups is 1. The van der Waals surface area contributed by atoms with E-state index < -0.39 is 6.10 Å². The summed E-state index contributed by atoms with van der Waals surface area (Å²) in [5, 5.41) is 9.51. The van der Waals surface area contributed by atoms with E-state index in [1.54, 1.807) is 13.3 Å². The predicted molar refractivity (Wildman–Crippen MR) is 54.4 cm³/mol. The molecule has 0 spiro atoms. The molecule has 5 heteroatoms. The molecule has 80 valence electrons. The van der Waals surface area contributed by atoms with Gasteiger partial charge in [0, 0.05) is 40.1 Å². The van der Waals surface area contributed by atoms with Crippen LogP contribution in [0.1, 0.15) is 0 Å². The molecule has 0 fully saturated rings. The fourth-order valence-electron chi connectivity index (χ4n) is 1.37. The zero-order chi connectivity index (χ0) is 10.6. The lowest BCUT2D eigenvalue weighted by atomic mass is 10.3. The fraction of sp³-hybridized carbons (Fsp3) is 0.667. The topological polar surface area (TPSA) is 50.5 Å². The molecule has 14 heavy (non-hydrogen) atoms. The summed E-state index contributed by atoms with van der Waals surface area (Å²) >= 11 is 0. The first-order chi connectivity index (χ1) is 6.65. The number of nitrogens with zero attached hydrogens (tertiary/aromatic N) is 3. The molecule has 0 radical (unpaired) electrons. The smallest absolute Gasteiger partial charge is 0.204 e. The van der Waals surface area contributed by atoms with Crippen LogP contribution in [0.5, 0.6) is 0 Å². The normalized spacial score (nSPS) is 12.9. The van der Waals surface area contributed by atoms with Gasteiger partial charge in [0.05, 0.1) is 12.7 Å². The molecule has 0 aliphatic rings. The second kappa shape index (κ2) is 4.97. The molecule has 1 aromatic heterocycles. The molecule has 1 aromatic rings. The first-order valence-corrected chi connectivity index (χ1v) is 4.50. The van der Waals surface area contributed by atoms with E-state index in [2.05, 4.69) is 4.98 Å². The third-order valence-electron chi connectivity index (χ3n) is 1.98. The minimum Gasteiger partial charge on any atom is -0.389 e. The van der Waals surface area contributed by atoms with Crippen molar-refractivity contribution >= 4 is 5.95 Å². The van der Waals surface area contributed by atoms with Gasteiger partial charge < -0.3 is 19.3 Å². The maximum absolute atomic E-state index is 9.51. The second-order valence-corrected chi connectivity index (χ2v) is 3.33. The Balaban J connectivity index is 2.50. The molecular formula is C9H17N3O2. The standard InChI is InChI=1S/C9H17N3O2/c1-11-5-4-10-9(11)12(2)6-8(13)7-14-3/h4-5,8,13H,6-7H2,1-3H3. The number of hydrogen-bond donors (Lipinski definition) is 1. The lowest BCUT2D eigenvalue weighted by molar-refractivity contribution is 0.0693. The van der Waals surface area contributed by atoms with Crippen LogP contribution in [0.25, 0.3) is 0 Å². The highest BCUT2D eigenvalue weighted by atomic mass is 16.5. The number of aryl methyl sites for hydroxylation is 1. The Labute approximate surface area is 83.9 Å². The zero-order valence-electron chi connectivity index (χ0n) is 8.84. The lowest BCUT2D eigenvalue weighted by Crippen LogP contribution is -2.33. The summed E-state index contributed by atoms with van der Waals surface area (Å²) in [5.74, 6) is 0.833. The Bertz CT molecular complexity index is 275. The predicted octanol–water partition coefficient (Wildman–Crippen LogP) is -0.136. The van der Waals surface area contributed by atoms with E-state index in [1.807, 2.05) is 29.8 Å². The van der Waals surface area contributed by atoms with E-state index in [-0.39, 0.29) is 0 Å². The SMILES string of the molecule is COCC(O)CN(C)c1nccn1C. The van der Waals surface area contributed by atoms with Crippen molar-refractivity contribution in [1.29, 1.82) is 0 Å². The van der Waals surface area contributed by atoms with E-state index in [4.69, 9.17) is 4.74 Å². The highest BCUT2D eigenvalue weighted by Crippen LogP contribution is 2.07. The third-order valence-corrected chi connectivity index (χ3v) is 1.98. The molecule has 1 rings (SSSR count). The summed E-state index contributed by atoms with van der Waals surface area (Å²) < 4.78 is 6.75. The van der Waals surface area contributed by atoms with Crippen LogP contribution in [-0.2, 0) is 11.8 Å². The maximum atomic E-state index is 9.51. The van der Waals surface area contributed by atoms with Crippen LogP contribution in [0.3, 0.4) is 0 Å². The van der Waals surface area contributed by atoms with Crippen LogP contribution < -0.4 is 4.90 Å². The monoisotopic (exact) mass is 199 g/mol. The molecule has 0 aromatic carbocycles. The van der Waals surface area contributed by atoms with Gasteiger partial charge in [-0.15, -0.1) is 0 Å². The van der Waals surface area contributed by atoms with Crippen LogP contribution in [0.15, 0.2) is 12.4 Å². The zero-order valence-corrected chi connectivity index (χ0v) is 8.84. The Hall–Kier alpha value is -1.07. The van der Waals surface area contributed by atoms with Gasteiger partial charge in [0.2, 0.25) is 5.95 Å². The number of anilines is 1. The summed E-state index contributed by atoms with van der Waals surface area (Å²) in [6.07, 6.45) is 3.12.